The van der Waals surface area contributed by atoms with Crippen LogP contribution in [-0.4, -0.2) is 41.1 Å². The maximum absolute atomic E-state index is 13.4. The molecule has 6 nitrogen and oxygen atoms in total. The van der Waals surface area contributed by atoms with Gasteiger partial charge in [-0.15, -0.1) is 0 Å². The summed E-state index contributed by atoms with van der Waals surface area (Å²) in [6.07, 6.45) is 4.32. The van der Waals surface area contributed by atoms with Gasteiger partial charge in [0.2, 0.25) is 0 Å². The van der Waals surface area contributed by atoms with Crippen molar-refractivity contribution in [1.82, 2.24) is 20.3 Å². The van der Waals surface area contributed by atoms with E-state index in [2.05, 4.69) is 67.6 Å². The van der Waals surface area contributed by atoms with E-state index in [1.807, 2.05) is 29.2 Å². The number of hydrogen-bond acceptors (Lipinski definition) is 4. The standard InChI is InChI=1S/C28H34N4O2/c1-28(2,3)24-9-7-23(8-10-24)26-20-32(30-19-22-13-16-29-17-14-22)27(33)31(26)18-15-21-5-11-25(34-4)12-6-21/h5-14,16-17,26,30H,15,18-20H2,1-4H3. The van der Waals surface area contributed by atoms with Crippen molar-refractivity contribution < 1.29 is 9.53 Å². The van der Waals surface area contributed by atoms with Crippen LogP contribution in [0.3, 0.4) is 0 Å². The van der Waals surface area contributed by atoms with Crippen LogP contribution in [0.25, 0.3) is 0 Å². The number of carbonyl (C=O) groups excluding carboxylic acids is 1. The van der Waals surface area contributed by atoms with Crippen molar-refractivity contribution in [2.24, 2.45) is 0 Å². The predicted molar refractivity (Wildman–Crippen MR) is 134 cm³/mol. The summed E-state index contributed by atoms with van der Waals surface area (Å²) >= 11 is 0. The van der Waals surface area contributed by atoms with Gasteiger partial charge in [-0.3, -0.25) is 9.99 Å². The molecule has 1 aliphatic rings. The van der Waals surface area contributed by atoms with Gasteiger partial charge in [0.15, 0.2) is 0 Å². The molecule has 0 spiro atoms. The Hall–Kier alpha value is -3.38. The second-order valence-corrected chi connectivity index (χ2v) is 9.76. The average molecular weight is 459 g/mol. The van der Waals surface area contributed by atoms with Gasteiger partial charge >= 0.3 is 6.03 Å². The summed E-state index contributed by atoms with van der Waals surface area (Å²) in [4.78, 5) is 19.5. The number of pyridine rings is 1. The van der Waals surface area contributed by atoms with Gasteiger partial charge in [0.1, 0.15) is 5.75 Å². The number of nitrogens with zero attached hydrogens (tertiary/aromatic N) is 3. The van der Waals surface area contributed by atoms with E-state index in [1.165, 1.54) is 11.1 Å². The van der Waals surface area contributed by atoms with Crippen molar-refractivity contribution in [1.29, 1.82) is 0 Å². The first-order chi connectivity index (χ1) is 16.3. The molecule has 6 heteroatoms. The Labute approximate surface area is 202 Å². The molecule has 1 unspecified atom stereocenters. The van der Waals surface area contributed by atoms with Crippen LogP contribution in [0, 0.1) is 0 Å². The Morgan fingerprint density at radius 3 is 2.26 bits per heavy atom. The number of ether oxygens (including phenoxy) is 1. The van der Waals surface area contributed by atoms with Gasteiger partial charge in [-0.2, -0.15) is 0 Å². The monoisotopic (exact) mass is 458 g/mol. The molecular weight excluding hydrogens is 424 g/mol. The van der Waals surface area contributed by atoms with Gasteiger partial charge in [0, 0.05) is 25.5 Å². The van der Waals surface area contributed by atoms with E-state index in [0.29, 0.717) is 19.6 Å². The van der Waals surface area contributed by atoms with E-state index < -0.39 is 0 Å². The van der Waals surface area contributed by atoms with E-state index in [-0.39, 0.29) is 17.5 Å². The predicted octanol–water partition coefficient (Wildman–Crippen LogP) is 5.11. The third-order valence-corrected chi connectivity index (χ3v) is 6.39. The molecule has 1 N–H and O–H groups in total. The Morgan fingerprint density at radius 2 is 1.65 bits per heavy atom. The highest BCUT2D eigenvalue weighted by Gasteiger charge is 2.38. The number of amides is 2. The topological polar surface area (TPSA) is 57.7 Å². The summed E-state index contributed by atoms with van der Waals surface area (Å²) in [6, 6.07) is 20.7. The van der Waals surface area contributed by atoms with Crippen LogP contribution in [0.15, 0.2) is 73.1 Å². The van der Waals surface area contributed by atoms with Crippen LogP contribution in [0.2, 0.25) is 0 Å². The van der Waals surface area contributed by atoms with Crippen molar-refractivity contribution in [2.45, 2.75) is 45.2 Å². The molecule has 1 aromatic heterocycles. The van der Waals surface area contributed by atoms with E-state index in [4.69, 9.17) is 4.74 Å². The molecule has 4 rings (SSSR count). The average Bonchev–Trinajstić information content (AvgIpc) is 3.17. The molecule has 1 aliphatic heterocycles. The number of hydrogen-bond donors (Lipinski definition) is 1. The summed E-state index contributed by atoms with van der Waals surface area (Å²) in [5.41, 5.74) is 8.13. The van der Waals surface area contributed by atoms with Gasteiger partial charge in [0.05, 0.1) is 19.7 Å². The van der Waals surface area contributed by atoms with E-state index in [0.717, 1.165) is 23.3 Å². The highest BCUT2D eigenvalue weighted by molar-refractivity contribution is 5.77. The van der Waals surface area contributed by atoms with E-state index in [1.54, 1.807) is 24.5 Å². The Kier molecular flexibility index (Phi) is 7.17. The van der Waals surface area contributed by atoms with Crippen molar-refractivity contribution in [2.75, 3.05) is 20.2 Å². The number of carbonyl (C=O) groups is 1. The van der Waals surface area contributed by atoms with Gasteiger partial charge in [-0.05, 0) is 58.4 Å². The third kappa shape index (κ3) is 5.57. The number of methoxy groups -OCH3 is 1. The third-order valence-electron chi connectivity index (χ3n) is 6.39. The molecule has 34 heavy (non-hydrogen) atoms. The first-order valence-corrected chi connectivity index (χ1v) is 11.8. The largest absolute Gasteiger partial charge is 0.497 e. The Balaban J connectivity index is 1.51. The van der Waals surface area contributed by atoms with Crippen molar-refractivity contribution in [3.8, 4) is 5.75 Å². The zero-order valence-corrected chi connectivity index (χ0v) is 20.5. The molecule has 0 bridgehead atoms. The van der Waals surface area contributed by atoms with Crippen LogP contribution >= 0.6 is 0 Å². The highest BCUT2D eigenvalue weighted by atomic mass is 16.5. The number of hydrazine groups is 1. The quantitative estimate of drug-likeness (QED) is 0.509. The minimum Gasteiger partial charge on any atom is -0.497 e. The summed E-state index contributed by atoms with van der Waals surface area (Å²) < 4.78 is 5.27. The maximum atomic E-state index is 13.4. The van der Waals surface area contributed by atoms with Crippen molar-refractivity contribution >= 4 is 6.03 Å². The molecule has 0 radical (unpaired) electrons. The fourth-order valence-corrected chi connectivity index (χ4v) is 4.24. The lowest BCUT2D eigenvalue weighted by Gasteiger charge is -2.25. The van der Waals surface area contributed by atoms with Gasteiger partial charge in [-0.1, -0.05) is 57.2 Å². The zero-order chi connectivity index (χ0) is 24.1. The van der Waals surface area contributed by atoms with Gasteiger partial charge in [0.25, 0.3) is 0 Å². The molecule has 0 aliphatic carbocycles. The summed E-state index contributed by atoms with van der Waals surface area (Å²) in [5, 5.41) is 1.75. The van der Waals surface area contributed by atoms with Crippen LogP contribution < -0.4 is 10.2 Å². The summed E-state index contributed by atoms with van der Waals surface area (Å²) in [5.74, 6) is 0.837. The van der Waals surface area contributed by atoms with Crippen LogP contribution in [0.1, 0.15) is 49.1 Å². The fraction of sp³-hybridized carbons (Fsp3) is 0.357. The molecule has 3 aromatic rings. The smallest absolute Gasteiger partial charge is 0.335 e. The second kappa shape index (κ2) is 10.3. The number of urea groups is 1. The van der Waals surface area contributed by atoms with Crippen molar-refractivity contribution in [3.05, 3.63) is 95.3 Å². The summed E-state index contributed by atoms with van der Waals surface area (Å²) in [6.45, 7) is 8.47. The van der Waals surface area contributed by atoms with Gasteiger partial charge in [-0.25, -0.2) is 10.2 Å². The maximum Gasteiger partial charge on any atom is 0.335 e. The lowest BCUT2D eigenvalue weighted by Crippen LogP contribution is -2.41. The molecule has 1 saturated heterocycles. The first-order valence-electron chi connectivity index (χ1n) is 11.8. The molecule has 2 aromatic carbocycles. The number of benzene rings is 2. The van der Waals surface area contributed by atoms with Crippen LogP contribution in [0.4, 0.5) is 4.79 Å². The molecule has 2 heterocycles. The van der Waals surface area contributed by atoms with Gasteiger partial charge < -0.3 is 9.64 Å². The lowest BCUT2D eigenvalue weighted by molar-refractivity contribution is 0.171. The highest BCUT2D eigenvalue weighted by Crippen LogP contribution is 2.31. The van der Waals surface area contributed by atoms with Crippen LogP contribution in [-0.2, 0) is 18.4 Å². The number of rotatable bonds is 8. The zero-order valence-electron chi connectivity index (χ0n) is 20.5. The molecule has 178 valence electrons. The second-order valence-electron chi connectivity index (χ2n) is 9.76. The molecule has 0 saturated carbocycles. The Morgan fingerprint density at radius 1 is 0.971 bits per heavy atom. The Bertz CT molecular complexity index is 1080. The SMILES string of the molecule is COc1ccc(CCN2C(=O)N(NCc3ccncc3)CC2c2ccc(C(C)(C)C)cc2)cc1. The van der Waals surface area contributed by atoms with E-state index in [9.17, 15) is 4.79 Å². The van der Waals surface area contributed by atoms with Crippen LogP contribution in [0.5, 0.6) is 5.75 Å². The molecule has 1 fully saturated rings. The molecular formula is C28H34N4O2. The summed E-state index contributed by atoms with van der Waals surface area (Å²) in [7, 11) is 1.67. The number of nitrogens with one attached hydrogen (secondary N) is 1. The minimum atomic E-state index is -0.00953. The number of aromatic nitrogens is 1. The first kappa shape index (κ1) is 23.8. The normalized spacial score (nSPS) is 16.2. The minimum absolute atomic E-state index is 0.00691. The lowest BCUT2D eigenvalue weighted by atomic mass is 9.86. The molecule has 2 amide bonds. The molecule has 1 atom stereocenters. The van der Waals surface area contributed by atoms with Crippen molar-refractivity contribution in [3.63, 3.8) is 0 Å². The fourth-order valence-electron chi connectivity index (χ4n) is 4.24. The van der Waals surface area contributed by atoms with E-state index >= 15 is 0 Å².